The van der Waals surface area contributed by atoms with Crippen LogP contribution in [-0.2, 0) is 58.9 Å². The Kier molecular flexibility index (Phi) is 26.0. The first-order chi connectivity index (χ1) is 41.4. The molecule has 0 saturated carbocycles. The fourth-order valence-electron chi connectivity index (χ4n) is 10.2. The SMILES string of the molecule is C=C(CBr)C(=O)OCCCCC(C=O)N[C@H](C(=O)N[C@@H](CCCNC(N)=O)C(=O)Nc1cc(F)c(C(=O)N(C)[C@@H](C)C(=O)O[C@H]2CC(=O)N(C)c3cc(cc(OC)c3Cl)C/C(C)=C/C=C/[C@@H](OC)[C@@]3(O)C[C@H](OC(=O)N3)[C@@H](C)[C@@H]3O[C@@]23C)cc1F)C(C)C. The number of aliphatic hydroxyl groups is 1. The molecule has 2 fully saturated rings. The number of carbonyl (C=O) groups is 9. The molecule has 7 amide bonds. The van der Waals surface area contributed by atoms with Gasteiger partial charge in [-0.05, 0) is 89.0 Å². The number of hydrogen-bond acceptors (Lipinski definition) is 17. The van der Waals surface area contributed by atoms with Crippen LogP contribution < -0.4 is 42.0 Å². The normalized spacial score (nSPS) is 24.2. The van der Waals surface area contributed by atoms with Crippen molar-refractivity contribution in [2.45, 2.75) is 153 Å². The molecule has 0 spiro atoms. The second-order valence-electron chi connectivity index (χ2n) is 22.6. The number of unbranched alkanes of at least 4 members (excludes halogenated alkanes) is 1. The van der Waals surface area contributed by atoms with Crippen LogP contribution >= 0.6 is 27.5 Å². The van der Waals surface area contributed by atoms with E-state index < -0.39 is 149 Å². The summed E-state index contributed by atoms with van der Waals surface area (Å²) >= 11 is 9.95. The van der Waals surface area contributed by atoms with E-state index in [2.05, 4.69) is 49.1 Å². The molecule has 28 heteroatoms. The first-order valence-corrected chi connectivity index (χ1v) is 30.1. The Morgan fingerprint density at radius 1 is 1.06 bits per heavy atom. The van der Waals surface area contributed by atoms with Crippen LogP contribution in [0.3, 0.4) is 0 Å². The first kappa shape index (κ1) is 71.7. The number of halogens is 4. The van der Waals surface area contributed by atoms with Crippen LogP contribution in [0.5, 0.6) is 5.75 Å². The fourth-order valence-corrected chi connectivity index (χ4v) is 10.8. The minimum absolute atomic E-state index is 0.0361. The number of likely N-dealkylation sites (N-methyl/N-ethyl adjacent to an activating group) is 1. The van der Waals surface area contributed by atoms with E-state index in [1.165, 1.54) is 33.1 Å². The van der Waals surface area contributed by atoms with Crippen LogP contribution in [0.15, 0.2) is 60.2 Å². The first-order valence-electron chi connectivity index (χ1n) is 28.6. The topological polar surface area (TPSA) is 325 Å². The minimum atomic E-state index is -1.97. The maximum absolute atomic E-state index is 16.2. The molecule has 0 aliphatic carbocycles. The zero-order chi connectivity index (χ0) is 65.5. The molecule has 2 saturated heterocycles. The van der Waals surface area contributed by atoms with E-state index in [0.717, 1.165) is 17.5 Å². The van der Waals surface area contributed by atoms with Gasteiger partial charge in [-0.2, -0.15) is 0 Å². The summed E-state index contributed by atoms with van der Waals surface area (Å²) in [6.07, 6.45) is 0.932. The van der Waals surface area contributed by atoms with E-state index in [9.17, 15) is 48.3 Å². The molecule has 4 bridgehead atoms. The van der Waals surface area contributed by atoms with E-state index in [1.807, 2.05) is 6.92 Å². The molecule has 3 aliphatic rings. The number of aldehydes is 1. The number of ether oxygens (including phenoxy) is 6. The van der Waals surface area contributed by atoms with E-state index >= 15 is 8.78 Å². The molecule has 0 radical (unpaired) electrons. The van der Waals surface area contributed by atoms with Crippen LogP contribution in [0.2, 0.25) is 5.02 Å². The second kappa shape index (κ2) is 31.9. The van der Waals surface area contributed by atoms with Gasteiger partial charge in [-0.25, -0.2) is 28.0 Å². The summed E-state index contributed by atoms with van der Waals surface area (Å²) in [5.74, 6) is -8.78. The Bertz CT molecular complexity index is 3010. The highest BCUT2D eigenvalue weighted by Crippen LogP contribution is 2.49. The van der Waals surface area contributed by atoms with Gasteiger partial charge < -0.3 is 69.8 Å². The quantitative estimate of drug-likeness (QED) is 0.0117. The van der Waals surface area contributed by atoms with Gasteiger partial charge in [-0.1, -0.05) is 78.7 Å². The third kappa shape index (κ3) is 18.5. The maximum atomic E-state index is 16.2. The summed E-state index contributed by atoms with van der Waals surface area (Å²) in [5, 5.41) is 24.9. The van der Waals surface area contributed by atoms with Crippen molar-refractivity contribution < 1.29 is 85.5 Å². The smallest absolute Gasteiger partial charge is 0.409 e. The number of allylic oxidation sites excluding steroid dienone is 3. The van der Waals surface area contributed by atoms with Crippen molar-refractivity contribution in [1.82, 2.24) is 26.2 Å². The number of urea groups is 1. The molecule has 484 valence electrons. The molecule has 0 aromatic heterocycles. The molecule has 88 heavy (non-hydrogen) atoms. The fraction of sp³-hybridized carbons (Fsp3) is 0.550. The number of carbonyl (C=O) groups excluding carboxylic acids is 9. The number of anilines is 2. The second-order valence-corrected chi connectivity index (χ2v) is 23.5. The lowest BCUT2D eigenvalue weighted by molar-refractivity contribution is -0.158. The summed E-state index contributed by atoms with van der Waals surface area (Å²) in [5.41, 5.74) is 2.18. The number of amides is 7. The number of hydrogen-bond donors (Lipinski definition) is 7. The predicted octanol–water partition coefficient (Wildman–Crippen LogP) is 5.82. The number of alkyl carbamates (subject to hydrolysis) is 1. The van der Waals surface area contributed by atoms with Crippen molar-refractivity contribution in [2.24, 2.45) is 17.6 Å². The highest BCUT2D eigenvalue weighted by Gasteiger charge is 2.64. The standard InChI is InChI=1S/C60H80BrClF2N8O16/c1-31(2)50(67-37(30-73)17-12-13-21-85-55(78)33(4)29-61)53(76)68-41(18-15-20-66-57(65)80)52(75)69-42-26-39(63)38(25-40(42)64)54(77)71(8)35(6)56(79)87-47-27-48(74)72(9)43-23-36(24-44(83-10)49(43)62)22-32(3)16-14-19-46(84-11)60(82)28-45(86-58(81)70-60)34(5)51-59(47,7)88-51/h14,16,19,23-26,30-31,34-35,37,41,45-47,50-51,67,82H,4,12-13,15,17-18,20-22,27-29H2,1-3,5-11H3,(H,68,76)(H,69,75)(H,70,81)(H3,65,66,80)/b19-14+,32-16+/t34-,35+,37?,41+,45+,46-,47+,50+,51+,59+,60+/m1/s1. The Balaban J connectivity index is 1.36. The van der Waals surface area contributed by atoms with Gasteiger partial charge in [0.05, 0.1) is 55.3 Å². The monoisotopic (exact) mass is 1320 g/mol. The number of primary amides is 1. The van der Waals surface area contributed by atoms with Crippen molar-refractivity contribution in [3.63, 3.8) is 0 Å². The van der Waals surface area contributed by atoms with E-state index in [4.69, 9.17) is 45.8 Å². The van der Waals surface area contributed by atoms with Gasteiger partial charge in [0.2, 0.25) is 17.7 Å². The highest BCUT2D eigenvalue weighted by molar-refractivity contribution is 9.09. The van der Waals surface area contributed by atoms with Crippen molar-refractivity contribution in [2.75, 3.05) is 57.0 Å². The van der Waals surface area contributed by atoms with Gasteiger partial charge in [-0.15, -0.1) is 0 Å². The summed E-state index contributed by atoms with van der Waals surface area (Å²) in [6, 6.07) is -1.29. The molecule has 3 heterocycles. The van der Waals surface area contributed by atoms with Gasteiger partial charge in [0.15, 0.2) is 5.72 Å². The maximum Gasteiger partial charge on any atom is 0.409 e. The van der Waals surface area contributed by atoms with Gasteiger partial charge in [-0.3, -0.25) is 29.8 Å². The Morgan fingerprint density at radius 3 is 2.40 bits per heavy atom. The molecule has 3 aliphatic heterocycles. The van der Waals surface area contributed by atoms with Gasteiger partial charge in [0, 0.05) is 57.1 Å². The number of alkyl halides is 1. The van der Waals surface area contributed by atoms with E-state index in [0.29, 0.717) is 43.2 Å². The Labute approximate surface area is 523 Å². The number of nitrogens with zero attached hydrogens (tertiary/aromatic N) is 2. The van der Waals surface area contributed by atoms with Crippen molar-refractivity contribution in [1.29, 1.82) is 0 Å². The summed E-state index contributed by atoms with van der Waals surface area (Å²) in [4.78, 5) is 121. The highest BCUT2D eigenvalue weighted by atomic mass is 79.9. The summed E-state index contributed by atoms with van der Waals surface area (Å²) in [6.45, 7) is 13.4. The van der Waals surface area contributed by atoms with Gasteiger partial charge in [0.25, 0.3) is 5.91 Å². The molecule has 2 aromatic rings. The number of nitrogens with two attached hydrogens (primary N) is 1. The molecule has 11 atom stereocenters. The third-order valence-corrected chi connectivity index (χ3v) is 16.8. The Hall–Kier alpha value is -7.04. The van der Waals surface area contributed by atoms with Gasteiger partial charge in [0.1, 0.15) is 64.7 Å². The zero-order valence-corrected chi connectivity index (χ0v) is 53.3. The lowest BCUT2D eigenvalue weighted by atomic mass is 9.83. The number of esters is 2. The predicted molar refractivity (Wildman–Crippen MR) is 323 cm³/mol. The summed E-state index contributed by atoms with van der Waals surface area (Å²) < 4.78 is 66.7. The molecular formula is C60H80BrClF2N8O16. The van der Waals surface area contributed by atoms with Crippen LogP contribution in [0, 0.1) is 23.5 Å². The molecule has 8 N–H and O–H groups in total. The largest absolute Gasteiger partial charge is 0.495 e. The van der Waals surface area contributed by atoms with Crippen LogP contribution in [0.1, 0.15) is 102 Å². The number of fused-ring (bicyclic) bond motifs is 5. The summed E-state index contributed by atoms with van der Waals surface area (Å²) in [7, 11) is 5.38. The van der Waals surface area contributed by atoms with Crippen LogP contribution in [0.4, 0.5) is 29.7 Å². The number of nitrogens with one attached hydrogen (secondary N) is 5. The number of epoxide rings is 1. The van der Waals surface area contributed by atoms with Crippen LogP contribution in [0.25, 0.3) is 0 Å². The number of methoxy groups -OCH3 is 2. The molecular weight excluding hydrogens is 1240 g/mol. The number of rotatable bonds is 25. The minimum Gasteiger partial charge on any atom is -0.495 e. The number of benzene rings is 2. The molecule has 24 nitrogen and oxygen atoms in total. The lowest BCUT2D eigenvalue weighted by Crippen LogP contribution is -2.63. The third-order valence-electron chi connectivity index (χ3n) is 15.7. The average Bonchev–Trinajstić information content (AvgIpc) is 2.35. The van der Waals surface area contributed by atoms with E-state index in [-0.39, 0.29) is 66.2 Å². The molecule has 5 rings (SSSR count). The lowest BCUT2D eigenvalue weighted by Gasteiger charge is -2.42. The zero-order valence-electron chi connectivity index (χ0n) is 50.9. The van der Waals surface area contributed by atoms with E-state index in [1.54, 1.807) is 58.1 Å². The average molecular weight is 1320 g/mol. The molecule has 1 unspecified atom stereocenters. The van der Waals surface area contributed by atoms with Crippen molar-refractivity contribution in [3.05, 3.63) is 88.0 Å². The van der Waals surface area contributed by atoms with Crippen molar-refractivity contribution >= 4 is 92.9 Å². The van der Waals surface area contributed by atoms with Crippen molar-refractivity contribution in [3.8, 4) is 5.75 Å². The van der Waals surface area contributed by atoms with Crippen LogP contribution in [-0.4, -0.2) is 171 Å². The molecule has 2 aromatic carbocycles. The Morgan fingerprint density at radius 2 is 1.76 bits per heavy atom. The van der Waals surface area contributed by atoms with Gasteiger partial charge >= 0.3 is 24.1 Å².